The summed E-state index contributed by atoms with van der Waals surface area (Å²) >= 11 is 0. The molecule has 0 radical (unpaired) electrons. The predicted molar refractivity (Wildman–Crippen MR) is 116 cm³/mol. The second-order valence-corrected chi connectivity index (χ2v) is 9.35. The molecule has 0 spiro atoms. The lowest BCUT2D eigenvalue weighted by molar-refractivity contribution is -0.0726. The molecule has 3 aliphatic heterocycles. The van der Waals surface area contributed by atoms with Gasteiger partial charge >= 0.3 is 0 Å². The number of carbonyl (C=O) groups excluding carboxylic acids is 1. The van der Waals surface area contributed by atoms with Crippen LogP contribution in [0.3, 0.4) is 0 Å². The van der Waals surface area contributed by atoms with Gasteiger partial charge in [-0.25, -0.2) is 0 Å². The maximum atomic E-state index is 13.0. The van der Waals surface area contributed by atoms with Crippen molar-refractivity contribution in [1.29, 1.82) is 0 Å². The molecular weight excluding hydrogens is 362 g/mol. The number of aryl methyl sites for hydroxylation is 2. The van der Waals surface area contributed by atoms with E-state index in [1.807, 2.05) is 32.0 Å². The highest BCUT2D eigenvalue weighted by Gasteiger charge is 2.46. The van der Waals surface area contributed by atoms with Crippen molar-refractivity contribution in [3.8, 4) is 0 Å². The van der Waals surface area contributed by atoms with Crippen molar-refractivity contribution >= 4 is 5.91 Å². The van der Waals surface area contributed by atoms with E-state index in [4.69, 9.17) is 4.74 Å². The molecule has 1 aromatic rings. The van der Waals surface area contributed by atoms with Crippen LogP contribution >= 0.6 is 0 Å². The second kappa shape index (κ2) is 9.15. The molecular formula is C24H37N3O2. The van der Waals surface area contributed by atoms with Crippen LogP contribution in [-0.4, -0.2) is 74.2 Å². The van der Waals surface area contributed by atoms with E-state index in [-0.39, 0.29) is 5.91 Å². The summed E-state index contributed by atoms with van der Waals surface area (Å²) in [4.78, 5) is 18.4. The van der Waals surface area contributed by atoms with E-state index in [9.17, 15) is 4.79 Å². The zero-order valence-corrected chi connectivity index (χ0v) is 18.3. The van der Waals surface area contributed by atoms with Gasteiger partial charge in [-0.05, 0) is 62.6 Å². The number of ether oxygens (including phenoxy) is 1. The van der Waals surface area contributed by atoms with E-state index in [1.54, 1.807) is 7.11 Å². The Bertz CT molecular complexity index is 702. The molecule has 1 amide bonds. The van der Waals surface area contributed by atoms with Crippen LogP contribution in [0.2, 0.25) is 0 Å². The first kappa shape index (κ1) is 20.8. The minimum Gasteiger partial charge on any atom is -0.383 e. The van der Waals surface area contributed by atoms with Crippen LogP contribution in [0.1, 0.15) is 47.2 Å². The Labute approximate surface area is 175 Å². The van der Waals surface area contributed by atoms with Crippen LogP contribution in [0.5, 0.6) is 0 Å². The van der Waals surface area contributed by atoms with Gasteiger partial charge in [-0.2, -0.15) is 0 Å². The molecule has 0 aliphatic carbocycles. The fraction of sp³-hybridized carbons (Fsp3) is 0.708. The van der Waals surface area contributed by atoms with Crippen LogP contribution in [0, 0.1) is 25.7 Å². The third-order valence-corrected chi connectivity index (χ3v) is 7.49. The number of nitrogens with zero attached hydrogens (tertiary/aromatic N) is 2. The van der Waals surface area contributed by atoms with Gasteiger partial charge in [-0.3, -0.25) is 9.69 Å². The molecule has 3 saturated heterocycles. The number of likely N-dealkylation sites (tertiary alicyclic amines) is 1. The van der Waals surface area contributed by atoms with Crippen molar-refractivity contribution in [3.63, 3.8) is 0 Å². The number of benzene rings is 1. The van der Waals surface area contributed by atoms with Crippen LogP contribution < -0.4 is 5.32 Å². The highest BCUT2D eigenvalue weighted by atomic mass is 16.5. The number of hydrogen-bond donors (Lipinski definition) is 1. The number of methoxy groups -OCH3 is 1. The second-order valence-electron chi connectivity index (χ2n) is 9.35. The van der Waals surface area contributed by atoms with Crippen molar-refractivity contribution in [3.05, 3.63) is 34.9 Å². The fourth-order valence-electron chi connectivity index (χ4n) is 6.15. The average Bonchev–Trinajstić information content (AvgIpc) is 2.72. The molecule has 5 nitrogen and oxygen atoms in total. The first-order chi connectivity index (χ1) is 14.1. The fourth-order valence-corrected chi connectivity index (χ4v) is 6.15. The van der Waals surface area contributed by atoms with Crippen molar-refractivity contribution in [1.82, 2.24) is 15.1 Å². The molecule has 0 saturated carbocycles. The average molecular weight is 400 g/mol. The smallest absolute Gasteiger partial charge is 0.251 e. The minimum absolute atomic E-state index is 0.0864. The first-order valence-corrected chi connectivity index (χ1v) is 11.4. The van der Waals surface area contributed by atoms with Crippen LogP contribution in [0.25, 0.3) is 0 Å². The Hall–Kier alpha value is -1.43. The summed E-state index contributed by atoms with van der Waals surface area (Å²) in [5, 5.41) is 3.32. The summed E-state index contributed by atoms with van der Waals surface area (Å²) in [6, 6.07) is 7.23. The summed E-state index contributed by atoms with van der Waals surface area (Å²) in [5.74, 6) is 1.50. The highest BCUT2D eigenvalue weighted by molar-refractivity contribution is 5.97. The number of amides is 1. The Kier molecular flexibility index (Phi) is 6.57. The van der Waals surface area contributed by atoms with Crippen LogP contribution in [0.15, 0.2) is 18.2 Å². The summed E-state index contributed by atoms with van der Waals surface area (Å²) in [6.07, 6.45) is 5.28. The quantitative estimate of drug-likeness (QED) is 0.799. The zero-order chi connectivity index (χ0) is 20.4. The molecule has 0 aromatic heterocycles. The van der Waals surface area contributed by atoms with Crippen LogP contribution in [-0.2, 0) is 4.74 Å². The Morgan fingerprint density at radius 2 is 1.93 bits per heavy atom. The van der Waals surface area contributed by atoms with Crippen molar-refractivity contribution in [2.24, 2.45) is 11.8 Å². The number of hydrogen-bond acceptors (Lipinski definition) is 4. The molecule has 5 heteroatoms. The largest absolute Gasteiger partial charge is 0.383 e. The van der Waals surface area contributed by atoms with E-state index in [0.29, 0.717) is 18.0 Å². The monoisotopic (exact) mass is 399 g/mol. The van der Waals surface area contributed by atoms with Gasteiger partial charge in [-0.1, -0.05) is 24.6 Å². The topological polar surface area (TPSA) is 44.8 Å². The SMILES string of the molecule is COCCN1C[C@@H]2C[C@@H](C1)[C@H](CNC(=O)c1c(C)cccc1C)N1CCCC[C@@H]21. The Balaban J connectivity index is 1.48. The molecule has 29 heavy (non-hydrogen) atoms. The minimum atomic E-state index is 0.0864. The maximum Gasteiger partial charge on any atom is 0.251 e. The van der Waals surface area contributed by atoms with Crippen LogP contribution in [0.4, 0.5) is 0 Å². The molecule has 2 bridgehead atoms. The molecule has 3 fully saturated rings. The van der Waals surface area contributed by atoms with Gasteiger partial charge in [0.15, 0.2) is 0 Å². The third kappa shape index (κ3) is 4.37. The van der Waals surface area contributed by atoms with E-state index in [1.165, 1.54) is 38.8 Å². The Morgan fingerprint density at radius 3 is 2.69 bits per heavy atom. The molecule has 4 atom stereocenters. The van der Waals surface area contributed by atoms with Gasteiger partial charge in [0.2, 0.25) is 0 Å². The van der Waals surface area contributed by atoms with Gasteiger partial charge in [0, 0.05) is 50.9 Å². The zero-order valence-electron chi connectivity index (χ0n) is 18.3. The third-order valence-electron chi connectivity index (χ3n) is 7.49. The Morgan fingerprint density at radius 1 is 1.17 bits per heavy atom. The molecule has 3 aliphatic rings. The number of piperidine rings is 3. The van der Waals surface area contributed by atoms with Crippen molar-refractivity contribution < 1.29 is 9.53 Å². The van der Waals surface area contributed by atoms with Gasteiger partial charge < -0.3 is 15.0 Å². The van der Waals surface area contributed by atoms with Gasteiger partial charge in [0.1, 0.15) is 0 Å². The number of carbonyl (C=O) groups is 1. The summed E-state index contributed by atoms with van der Waals surface area (Å²) < 4.78 is 5.34. The van der Waals surface area contributed by atoms with E-state index < -0.39 is 0 Å². The summed E-state index contributed by atoms with van der Waals surface area (Å²) in [7, 11) is 1.79. The van der Waals surface area contributed by atoms with E-state index in [2.05, 4.69) is 15.1 Å². The normalized spacial score (nSPS) is 30.0. The molecule has 4 rings (SSSR count). The highest BCUT2D eigenvalue weighted by Crippen LogP contribution is 2.40. The lowest BCUT2D eigenvalue weighted by atomic mass is 9.72. The van der Waals surface area contributed by atoms with E-state index >= 15 is 0 Å². The van der Waals surface area contributed by atoms with Gasteiger partial charge in [0.05, 0.1) is 6.61 Å². The lowest BCUT2D eigenvalue weighted by Gasteiger charge is -2.57. The van der Waals surface area contributed by atoms with E-state index in [0.717, 1.165) is 48.8 Å². The number of fused-ring (bicyclic) bond motifs is 4. The van der Waals surface area contributed by atoms with Gasteiger partial charge in [-0.15, -0.1) is 0 Å². The summed E-state index contributed by atoms with van der Waals surface area (Å²) in [6.45, 7) is 10.2. The number of rotatable bonds is 6. The molecule has 1 N–H and O–H groups in total. The molecule has 160 valence electrons. The molecule has 1 aromatic carbocycles. The van der Waals surface area contributed by atoms with Crippen molar-refractivity contribution in [2.75, 3.05) is 46.4 Å². The lowest BCUT2D eigenvalue weighted by Crippen LogP contribution is -2.65. The molecule has 3 heterocycles. The predicted octanol–water partition coefficient (Wildman–Crippen LogP) is 2.85. The standard InChI is InChI=1S/C24H37N3O2/c1-17-7-6-8-18(2)23(17)24(28)25-14-22-20-13-19(15-26(16-20)11-12-29-3)21-9-4-5-10-27(21)22/h6-8,19-22H,4-5,9-16H2,1-3H3,(H,25,28)/t19-,20-,21-,22-/m0/s1. The van der Waals surface area contributed by atoms with Crippen molar-refractivity contribution in [2.45, 2.75) is 51.6 Å². The molecule has 0 unspecified atom stereocenters. The maximum absolute atomic E-state index is 13.0. The number of nitrogens with one attached hydrogen (secondary N) is 1. The summed E-state index contributed by atoms with van der Waals surface area (Å²) in [5.41, 5.74) is 2.97. The first-order valence-electron chi connectivity index (χ1n) is 11.4. The van der Waals surface area contributed by atoms with Gasteiger partial charge in [0.25, 0.3) is 5.91 Å².